The summed E-state index contributed by atoms with van der Waals surface area (Å²) in [5.74, 6) is -0.112. The minimum absolute atomic E-state index is 0. The third kappa shape index (κ3) is 3.46. The first-order chi connectivity index (χ1) is 10.3. The predicted molar refractivity (Wildman–Crippen MR) is 79.1 cm³/mol. The molecule has 22 heavy (non-hydrogen) atoms. The number of para-hydroxylation sites is 1. The summed E-state index contributed by atoms with van der Waals surface area (Å²) in [6.07, 6.45) is 0. The van der Waals surface area contributed by atoms with E-state index in [1.54, 1.807) is 6.07 Å². The number of hydrogen-bond acceptors (Lipinski definition) is 1. The molecule has 1 heterocycles. The summed E-state index contributed by atoms with van der Waals surface area (Å²) in [7, 11) is 0. The molecular formula is C17H18ClFN2O. The highest BCUT2D eigenvalue weighted by Gasteiger charge is 2.26. The number of quaternary nitrogens is 1. The Labute approximate surface area is 135 Å². The first-order valence-corrected chi connectivity index (χ1v) is 7.19. The van der Waals surface area contributed by atoms with Gasteiger partial charge >= 0.3 is 0 Å². The van der Waals surface area contributed by atoms with E-state index in [4.69, 9.17) is 0 Å². The molecule has 0 unspecified atom stereocenters. The number of nitrogens with zero attached hydrogens (tertiary/aromatic N) is 1. The number of carbonyl (C=O) groups excluding carboxylic acids is 1. The summed E-state index contributed by atoms with van der Waals surface area (Å²) in [5.41, 5.74) is 1.41. The summed E-state index contributed by atoms with van der Waals surface area (Å²) in [4.78, 5) is 15.3. The lowest BCUT2D eigenvalue weighted by Gasteiger charge is -2.32. The van der Waals surface area contributed by atoms with Crippen LogP contribution >= 0.6 is 0 Å². The number of hydrogen-bond donors (Lipinski definition) is 1. The van der Waals surface area contributed by atoms with Crippen LogP contribution in [0.15, 0.2) is 54.6 Å². The van der Waals surface area contributed by atoms with Gasteiger partial charge in [0.2, 0.25) is 0 Å². The van der Waals surface area contributed by atoms with Gasteiger partial charge in [0.25, 0.3) is 5.91 Å². The number of rotatable bonds is 2. The van der Waals surface area contributed by atoms with Crippen molar-refractivity contribution in [3.05, 3.63) is 66.0 Å². The van der Waals surface area contributed by atoms with Crippen molar-refractivity contribution in [2.75, 3.05) is 26.2 Å². The number of nitrogens with one attached hydrogen (secondary N) is 1. The maximum atomic E-state index is 13.8. The first-order valence-electron chi connectivity index (χ1n) is 7.19. The van der Waals surface area contributed by atoms with Crippen molar-refractivity contribution in [1.82, 2.24) is 4.90 Å². The number of benzene rings is 2. The maximum Gasteiger partial charge on any atom is 0.254 e. The lowest BCUT2D eigenvalue weighted by Crippen LogP contribution is -3.10. The van der Waals surface area contributed by atoms with E-state index in [1.165, 1.54) is 6.07 Å². The van der Waals surface area contributed by atoms with Gasteiger partial charge in [-0.25, -0.2) is 4.39 Å². The Hall–Kier alpha value is -1.91. The van der Waals surface area contributed by atoms with Crippen LogP contribution in [-0.4, -0.2) is 37.0 Å². The van der Waals surface area contributed by atoms with Gasteiger partial charge in [-0.1, -0.05) is 30.3 Å². The molecule has 3 rings (SSSR count). The summed E-state index contributed by atoms with van der Waals surface area (Å²) < 4.78 is 13.8. The molecule has 1 aliphatic heterocycles. The predicted octanol–water partition coefficient (Wildman–Crippen LogP) is -1.50. The Kier molecular flexibility index (Phi) is 5.52. The second kappa shape index (κ2) is 7.38. The van der Waals surface area contributed by atoms with Crippen molar-refractivity contribution in [3.8, 4) is 0 Å². The zero-order valence-corrected chi connectivity index (χ0v) is 12.9. The van der Waals surface area contributed by atoms with Crippen molar-refractivity contribution in [3.63, 3.8) is 0 Å². The van der Waals surface area contributed by atoms with Crippen molar-refractivity contribution < 1.29 is 26.5 Å². The Morgan fingerprint density at radius 2 is 1.55 bits per heavy atom. The van der Waals surface area contributed by atoms with Crippen molar-refractivity contribution >= 4 is 11.6 Å². The average Bonchev–Trinajstić information content (AvgIpc) is 2.56. The zero-order chi connectivity index (χ0) is 14.7. The molecule has 0 atom stereocenters. The van der Waals surface area contributed by atoms with E-state index in [0.29, 0.717) is 24.3 Å². The molecule has 5 heteroatoms. The van der Waals surface area contributed by atoms with Crippen LogP contribution in [-0.2, 0) is 0 Å². The number of halogens is 2. The standard InChI is InChI=1S/C17H17FN2O.ClH/c18-15-8-4-5-9-16(15)19-10-12-20(13-11-19)17(21)14-6-2-1-3-7-14;/h1-9H,10-13H2;1H. The smallest absolute Gasteiger partial charge is 0.254 e. The second-order valence-corrected chi connectivity index (χ2v) is 5.24. The van der Waals surface area contributed by atoms with Gasteiger partial charge in [-0.3, -0.25) is 9.69 Å². The molecule has 1 saturated heterocycles. The van der Waals surface area contributed by atoms with Crippen LogP contribution in [0.1, 0.15) is 10.4 Å². The van der Waals surface area contributed by atoms with Crippen LogP contribution in [0.25, 0.3) is 0 Å². The summed E-state index contributed by atoms with van der Waals surface area (Å²) in [6, 6.07) is 16.2. The number of amides is 1. The molecular weight excluding hydrogens is 303 g/mol. The fourth-order valence-electron chi connectivity index (χ4n) is 2.76. The Bertz CT molecular complexity index is 628. The topological polar surface area (TPSA) is 24.8 Å². The van der Waals surface area contributed by atoms with Gasteiger partial charge < -0.3 is 17.3 Å². The molecule has 1 aliphatic rings. The van der Waals surface area contributed by atoms with Gasteiger partial charge in [-0.2, -0.15) is 0 Å². The zero-order valence-electron chi connectivity index (χ0n) is 12.1. The average molecular weight is 321 g/mol. The normalized spacial score (nSPS) is 15.2. The molecule has 0 bridgehead atoms. The molecule has 1 N–H and O–H groups in total. The highest BCUT2D eigenvalue weighted by atomic mass is 35.5. The lowest BCUT2D eigenvalue weighted by molar-refractivity contribution is -0.838. The summed E-state index contributed by atoms with van der Waals surface area (Å²) >= 11 is 0. The molecule has 0 saturated carbocycles. The molecule has 0 aliphatic carbocycles. The van der Waals surface area contributed by atoms with Crippen LogP contribution in [0.4, 0.5) is 10.1 Å². The molecule has 116 valence electrons. The molecule has 0 radical (unpaired) electrons. The Balaban J connectivity index is 0.00000176. The fourth-order valence-corrected chi connectivity index (χ4v) is 2.76. The summed E-state index contributed by atoms with van der Waals surface area (Å²) in [6.45, 7) is 2.77. The van der Waals surface area contributed by atoms with Crippen molar-refractivity contribution in [2.45, 2.75) is 0 Å². The van der Waals surface area contributed by atoms with Crippen LogP contribution < -0.4 is 17.3 Å². The highest BCUT2D eigenvalue weighted by Crippen LogP contribution is 2.09. The third-order valence-electron chi connectivity index (χ3n) is 3.93. The number of piperazine rings is 1. The minimum atomic E-state index is -0.171. The molecule has 1 amide bonds. The molecule has 0 aromatic heterocycles. The van der Waals surface area contributed by atoms with Crippen LogP contribution in [0.3, 0.4) is 0 Å². The molecule has 2 aromatic rings. The van der Waals surface area contributed by atoms with Crippen LogP contribution in [0.2, 0.25) is 0 Å². The quantitative estimate of drug-likeness (QED) is 0.716. The fraction of sp³-hybridized carbons (Fsp3) is 0.235. The van der Waals surface area contributed by atoms with Crippen molar-refractivity contribution in [1.29, 1.82) is 0 Å². The van der Waals surface area contributed by atoms with E-state index in [0.717, 1.165) is 18.0 Å². The number of carbonyl (C=O) groups is 1. The van der Waals surface area contributed by atoms with Crippen LogP contribution in [0, 0.1) is 5.82 Å². The minimum Gasteiger partial charge on any atom is -1.00 e. The lowest BCUT2D eigenvalue weighted by atomic mass is 10.1. The van der Waals surface area contributed by atoms with Gasteiger partial charge in [0.15, 0.2) is 11.5 Å². The van der Waals surface area contributed by atoms with Crippen molar-refractivity contribution in [2.24, 2.45) is 0 Å². The molecule has 1 fully saturated rings. The van der Waals surface area contributed by atoms with Gasteiger partial charge in [0, 0.05) is 11.6 Å². The van der Waals surface area contributed by atoms with Crippen LogP contribution in [0.5, 0.6) is 0 Å². The maximum absolute atomic E-state index is 13.8. The largest absolute Gasteiger partial charge is 1.00 e. The monoisotopic (exact) mass is 320 g/mol. The van der Waals surface area contributed by atoms with Gasteiger partial charge in [0.05, 0.1) is 26.2 Å². The van der Waals surface area contributed by atoms with E-state index in [9.17, 15) is 9.18 Å². The highest BCUT2D eigenvalue weighted by molar-refractivity contribution is 5.94. The van der Waals surface area contributed by atoms with E-state index in [1.807, 2.05) is 47.4 Å². The Morgan fingerprint density at radius 3 is 2.18 bits per heavy atom. The second-order valence-electron chi connectivity index (χ2n) is 5.24. The van der Waals surface area contributed by atoms with E-state index < -0.39 is 0 Å². The van der Waals surface area contributed by atoms with Gasteiger partial charge in [-0.05, 0) is 18.2 Å². The first kappa shape index (κ1) is 16.5. The Morgan fingerprint density at radius 1 is 0.955 bits per heavy atom. The summed E-state index contributed by atoms with van der Waals surface area (Å²) in [5, 5.41) is 0. The third-order valence-corrected chi connectivity index (χ3v) is 3.93. The molecule has 3 nitrogen and oxygen atoms in total. The van der Waals surface area contributed by atoms with Gasteiger partial charge in [-0.15, -0.1) is 0 Å². The van der Waals surface area contributed by atoms with E-state index >= 15 is 0 Å². The van der Waals surface area contributed by atoms with Gasteiger partial charge in [0.1, 0.15) is 0 Å². The van der Waals surface area contributed by atoms with E-state index in [-0.39, 0.29) is 24.1 Å². The SMILES string of the molecule is O=C(c1ccccc1)N1CC[NH+](c2ccccc2F)CC1.[Cl-]. The molecule has 2 aromatic carbocycles. The molecule has 0 spiro atoms. The van der Waals surface area contributed by atoms with E-state index in [2.05, 4.69) is 0 Å².